The van der Waals surface area contributed by atoms with Crippen molar-refractivity contribution in [3.05, 3.63) is 40.6 Å². The SMILES string of the molecule is Cc1onc(-c2ccccc2Cl)c1C(=O)N1CCNC(C)C1. The van der Waals surface area contributed by atoms with Crippen LogP contribution in [0.15, 0.2) is 28.8 Å². The number of rotatable bonds is 2. The average Bonchev–Trinajstić information content (AvgIpc) is 2.88. The lowest BCUT2D eigenvalue weighted by Gasteiger charge is -2.31. The zero-order valence-electron chi connectivity index (χ0n) is 12.6. The number of aromatic nitrogens is 1. The zero-order chi connectivity index (χ0) is 15.7. The number of hydrogen-bond donors (Lipinski definition) is 1. The summed E-state index contributed by atoms with van der Waals surface area (Å²) in [6.07, 6.45) is 0. The summed E-state index contributed by atoms with van der Waals surface area (Å²) < 4.78 is 5.27. The highest BCUT2D eigenvalue weighted by atomic mass is 35.5. The lowest BCUT2D eigenvalue weighted by Crippen LogP contribution is -2.51. The summed E-state index contributed by atoms with van der Waals surface area (Å²) in [5, 5.41) is 7.94. The van der Waals surface area contributed by atoms with Crippen LogP contribution in [0, 0.1) is 6.92 Å². The maximum atomic E-state index is 12.9. The molecule has 1 aliphatic heterocycles. The largest absolute Gasteiger partial charge is 0.360 e. The van der Waals surface area contributed by atoms with Gasteiger partial charge in [0, 0.05) is 31.2 Å². The monoisotopic (exact) mass is 319 g/mol. The molecular weight excluding hydrogens is 302 g/mol. The third kappa shape index (κ3) is 2.74. The van der Waals surface area contributed by atoms with E-state index in [1.807, 2.05) is 23.1 Å². The summed E-state index contributed by atoms with van der Waals surface area (Å²) in [7, 11) is 0. The van der Waals surface area contributed by atoms with Gasteiger partial charge in [0.05, 0.1) is 5.02 Å². The van der Waals surface area contributed by atoms with Gasteiger partial charge < -0.3 is 14.7 Å². The predicted molar refractivity (Wildman–Crippen MR) is 85.1 cm³/mol. The van der Waals surface area contributed by atoms with E-state index in [4.69, 9.17) is 16.1 Å². The molecule has 2 heterocycles. The van der Waals surface area contributed by atoms with E-state index in [0.717, 1.165) is 6.54 Å². The number of piperazine rings is 1. The molecule has 1 amide bonds. The van der Waals surface area contributed by atoms with E-state index in [0.29, 0.717) is 40.7 Å². The number of aryl methyl sites for hydroxylation is 1. The van der Waals surface area contributed by atoms with Crippen molar-refractivity contribution < 1.29 is 9.32 Å². The highest BCUT2D eigenvalue weighted by Crippen LogP contribution is 2.31. The molecule has 1 aliphatic rings. The molecule has 6 heteroatoms. The van der Waals surface area contributed by atoms with Crippen molar-refractivity contribution in [3.8, 4) is 11.3 Å². The van der Waals surface area contributed by atoms with E-state index >= 15 is 0 Å². The third-order valence-electron chi connectivity index (χ3n) is 3.86. The molecule has 1 atom stereocenters. The van der Waals surface area contributed by atoms with Gasteiger partial charge in [-0.2, -0.15) is 0 Å². The minimum atomic E-state index is -0.0537. The van der Waals surface area contributed by atoms with Crippen LogP contribution in [-0.2, 0) is 0 Å². The number of amides is 1. The molecule has 3 rings (SSSR count). The predicted octanol–water partition coefficient (Wildman–Crippen LogP) is 2.74. The van der Waals surface area contributed by atoms with Crippen LogP contribution in [-0.4, -0.2) is 41.6 Å². The fourth-order valence-corrected chi connectivity index (χ4v) is 2.96. The Bertz CT molecular complexity index is 698. The Kier molecular flexibility index (Phi) is 4.18. The molecule has 0 spiro atoms. The molecular formula is C16H18ClN3O2. The highest BCUT2D eigenvalue weighted by Gasteiger charge is 2.29. The molecule has 1 aromatic heterocycles. The van der Waals surface area contributed by atoms with Gasteiger partial charge in [-0.15, -0.1) is 0 Å². The van der Waals surface area contributed by atoms with Crippen molar-refractivity contribution in [2.45, 2.75) is 19.9 Å². The minimum Gasteiger partial charge on any atom is -0.360 e. The van der Waals surface area contributed by atoms with Crippen LogP contribution < -0.4 is 5.32 Å². The van der Waals surface area contributed by atoms with Crippen LogP contribution in [0.1, 0.15) is 23.0 Å². The smallest absolute Gasteiger partial charge is 0.259 e. The highest BCUT2D eigenvalue weighted by molar-refractivity contribution is 6.33. The Morgan fingerprint density at radius 2 is 2.23 bits per heavy atom. The van der Waals surface area contributed by atoms with Crippen molar-refractivity contribution in [2.24, 2.45) is 0 Å². The second-order valence-corrected chi connectivity index (χ2v) is 5.96. The second-order valence-electron chi connectivity index (χ2n) is 5.55. The zero-order valence-corrected chi connectivity index (χ0v) is 13.4. The minimum absolute atomic E-state index is 0.0537. The first-order valence-corrected chi connectivity index (χ1v) is 7.69. The van der Waals surface area contributed by atoms with E-state index in [2.05, 4.69) is 17.4 Å². The third-order valence-corrected chi connectivity index (χ3v) is 4.19. The first kappa shape index (κ1) is 15.1. The molecule has 0 radical (unpaired) electrons. The summed E-state index contributed by atoms with van der Waals surface area (Å²) in [6.45, 7) is 5.96. The van der Waals surface area contributed by atoms with E-state index in [9.17, 15) is 4.79 Å². The fraction of sp³-hybridized carbons (Fsp3) is 0.375. The van der Waals surface area contributed by atoms with Gasteiger partial charge in [0.1, 0.15) is 17.0 Å². The number of nitrogens with zero attached hydrogens (tertiary/aromatic N) is 2. The number of carbonyl (C=O) groups excluding carboxylic acids is 1. The molecule has 1 N–H and O–H groups in total. The molecule has 22 heavy (non-hydrogen) atoms. The molecule has 0 bridgehead atoms. The number of nitrogens with one attached hydrogen (secondary N) is 1. The van der Waals surface area contributed by atoms with Crippen LogP contribution >= 0.6 is 11.6 Å². The molecule has 116 valence electrons. The number of carbonyl (C=O) groups is 1. The van der Waals surface area contributed by atoms with Crippen molar-refractivity contribution in [2.75, 3.05) is 19.6 Å². The van der Waals surface area contributed by atoms with E-state index in [1.165, 1.54) is 0 Å². The first-order valence-electron chi connectivity index (χ1n) is 7.31. The van der Waals surface area contributed by atoms with Gasteiger partial charge in [-0.25, -0.2) is 0 Å². The van der Waals surface area contributed by atoms with Crippen LogP contribution in [0.2, 0.25) is 5.02 Å². The molecule has 1 aromatic carbocycles. The second kappa shape index (κ2) is 6.10. The lowest BCUT2D eigenvalue weighted by molar-refractivity contribution is 0.0708. The van der Waals surface area contributed by atoms with Crippen molar-refractivity contribution in [1.29, 1.82) is 0 Å². The molecule has 0 aliphatic carbocycles. The molecule has 1 fully saturated rings. The van der Waals surface area contributed by atoms with Gasteiger partial charge in [0.25, 0.3) is 5.91 Å². The average molecular weight is 320 g/mol. The van der Waals surface area contributed by atoms with Crippen molar-refractivity contribution in [1.82, 2.24) is 15.4 Å². The normalized spacial score (nSPS) is 18.5. The van der Waals surface area contributed by atoms with Gasteiger partial charge in [-0.05, 0) is 19.9 Å². The van der Waals surface area contributed by atoms with Crippen LogP contribution in [0.3, 0.4) is 0 Å². The van der Waals surface area contributed by atoms with Crippen molar-refractivity contribution >= 4 is 17.5 Å². The Labute approximate surface area is 134 Å². The number of halogens is 1. The van der Waals surface area contributed by atoms with E-state index in [-0.39, 0.29) is 11.9 Å². The summed E-state index contributed by atoms with van der Waals surface area (Å²) in [5.41, 5.74) is 1.73. The van der Waals surface area contributed by atoms with Gasteiger partial charge in [-0.3, -0.25) is 4.79 Å². The Morgan fingerprint density at radius 3 is 2.95 bits per heavy atom. The Balaban J connectivity index is 1.99. The van der Waals surface area contributed by atoms with Gasteiger partial charge in [0.15, 0.2) is 0 Å². The van der Waals surface area contributed by atoms with E-state index < -0.39 is 0 Å². The summed E-state index contributed by atoms with van der Waals surface area (Å²) in [4.78, 5) is 14.7. The van der Waals surface area contributed by atoms with Crippen molar-refractivity contribution in [3.63, 3.8) is 0 Å². The maximum Gasteiger partial charge on any atom is 0.259 e. The quantitative estimate of drug-likeness (QED) is 0.924. The summed E-state index contributed by atoms with van der Waals surface area (Å²) >= 11 is 6.24. The van der Waals surface area contributed by atoms with E-state index in [1.54, 1.807) is 13.0 Å². The van der Waals surface area contributed by atoms with Gasteiger partial charge >= 0.3 is 0 Å². The Morgan fingerprint density at radius 1 is 1.45 bits per heavy atom. The Hall–Kier alpha value is -1.85. The van der Waals surface area contributed by atoms with Gasteiger partial charge in [0.2, 0.25) is 0 Å². The summed E-state index contributed by atoms with van der Waals surface area (Å²) in [6, 6.07) is 7.62. The topological polar surface area (TPSA) is 58.4 Å². The standard InChI is InChI=1S/C16H18ClN3O2/c1-10-9-20(8-7-18-10)16(21)14-11(2)22-19-15(14)12-5-3-4-6-13(12)17/h3-6,10,18H,7-9H2,1-2H3. The maximum absolute atomic E-state index is 12.9. The van der Waals surface area contributed by atoms with Crippen LogP contribution in [0.4, 0.5) is 0 Å². The number of hydrogen-bond acceptors (Lipinski definition) is 4. The van der Waals surface area contributed by atoms with Crippen LogP contribution in [0.5, 0.6) is 0 Å². The van der Waals surface area contributed by atoms with Crippen LogP contribution in [0.25, 0.3) is 11.3 Å². The first-order chi connectivity index (χ1) is 10.6. The molecule has 0 saturated carbocycles. The fourth-order valence-electron chi connectivity index (χ4n) is 2.74. The summed E-state index contributed by atoms with van der Waals surface area (Å²) in [5.74, 6) is 0.466. The molecule has 1 unspecified atom stereocenters. The molecule has 1 saturated heterocycles. The molecule has 2 aromatic rings. The van der Waals surface area contributed by atoms with Gasteiger partial charge in [-0.1, -0.05) is 35.0 Å². The lowest BCUT2D eigenvalue weighted by atomic mass is 10.0. The number of benzene rings is 1. The molecule has 5 nitrogen and oxygen atoms in total.